The molecular formula is C44H46FN7O8S2. The van der Waals surface area contributed by atoms with Gasteiger partial charge in [0.1, 0.15) is 23.9 Å². The average Bonchev–Trinajstić information content (AvgIpc) is 4.00. The molecule has 324 valence electrons. The number of hydrogen-bond acceptors (Lipinski definition) is 11. The zero-order valence-corrected chi connectivity index (χ0v) is 35.8. The number of benzene rings is 2. The lowest BCUT2D eigenvalue weighted by Gasteiger charge is -2.29. The molecule has 2 aromatic heterocycles. The molecule has 4 aromatic rings. The van der Waals surface area contributed by atoms with E-state index in [9.17, 15) is 42.7 Å². The molecule has 0 bridgehead atoms. The standard InChI is InChI=1S/C22H23FN4O4S.C22H23N3O4S/c1-26(2)19(12-5-3-4-6-15(12)23)21(30)24-9-17-13-10-27(22(31)14(13)11-32-17)16-7-8-18(28)25-20(16)29;26-19(8-4-7-14-5-2-1-3-6-14)23-11-18-15-12-25(22(29)16(15)13-30-18)17-9-10-20(27)24-21(17)28/h3-6,11,16,19H,7-10H2,1-2H3,(H,24,30)(H,25,28,29);1-3,5-6,13,17H,4,7-12H2,(H,23,26)(H,24,27,28). The van der Waals surface area contributed by atoms with Crippen LogP contribution < -0.4 is 21.3 Å². The van der Waals surface area contributed by atoms with Gasteiger partial charge in [0.15, 0.2) is 0 Å². The number of piperidine rings is 2. The van der Waals surface area contributed by atoms with Crippen LogP contribution in [0.3, 0.4) is 0 Å². The van der Waals surface area contributed by atoms with Crippen molar-refractivity contribution in [3.63, 3.8) is 0 Å². The van der Waals surface area contributed by atoms with Crippen LogP contribution in [0.4, 0.5) is 4.39 Å². The number of amides is 8. The number of aryl methyl sites for hydroxylation is 1. The molecule has 18 heteroatoms. The van der Waals surface area contributed by atoms with E-state index in [1.165, 1.54) is 44.1 Å². The molecule has 8 amide bonds. The van der Waals surface area contributed by atoms with Crippen LogP contribution in [0.25, 0.3) is 0 Å². The molecule has 0 aliphatic carbocycles. The van der Waals surface area contributed by atoms with Crippen molar-refractivity contribution in [1.82, 2.24) is 36.0 Å². The maximum atomic E-state index is 14.3. The Morgan fingerprint density at radius 1 is 0.758 bits per heavy atom. The van der Waals surface area contributed by atoms with Gasteiger partial charge in [-0.05, 0) is 62.5 Å². The summed E-state index contributed by atoms with van der Waals surface area (Å²) in [6.07, 6.45) is 3.15. The van der Waals surface area contributed by atoms with Crippen molar-refractivity contribution in [3.05, 3.63) is 114 Å². The Balaban J connectivity index is 0.000000187. The van der Waals surface area contributed by atoms with Crippen LogP contribution in [0, 0.1) is 5.82 Å². The SMILES string of the molecule is CN(C)C(C(=O)NCc1scc2c1CN(C1CCC(=O)NC1=O)C2=O)c1ccccc1F.O=C(CCCc1ccccc1)NCc1scc2c1CN(C1CCC(=O)NC1=O)C2=O. The van der Waals surface area contributed by atoms with Crippen molar-refractivity contribution >= 4 is 69.9 Å². The van der Waals surface area contributed by atoms with Gasteiger partial charge in [0.05, 0.1) is 24.2 Å². The van der Waals surface area contributed by atoms with Crippen LogP contribution in [0.15, 0.2) is 65.4 Å². The number of carbonyl (C=O) groups is 8. The number of carbonyl (C=O) groups excluding carboxylic acids is 8. The van der Waals surface area contributed by atoms with Crippen molar-refractivity contribution < 1.29 is 42.7 Å². The monoisotopic (exact) mass is 883 g/mol. The van der Waals surface area contributed by atoms with Crippen LogP contribution in [-0.2, 0) is 61.4 Å². The number of halogens is 1. The number of hydrogen-bond donors (Lipinski definition) is 4. The molecule has 0 saturated carbocycles. The van der Waals surface area contributed by atoms with E-state index in [0.717, 1.165) is 33.7 Å². The second kappa shape index (κ2) is 19.3. The molecule has 3 atom stereocenters. The highest BCUT2D eigenvalue weighted by Crippen LogP contribution is 2.35. The number of imide groups is 2. The molecular weight excluding hydrogens is 838 g/mol. The molecule has 8 rings (SSSR count). The molecule has 3 unspecified atom stereocenters. The third kappa shape index (κ3) is 9.66. The lowest BCUT2D eigenvalue weighted by Crippen LogP contribution is -2.52. The minimum Gasteiger partial charge on any atom is -0.351 e. The van der Waals surface area contributed by atoms with E-state index in [4.69, 9.17) is 0 Å². The van der Waals surface area contributed by atoms with Crippen LogP contribution in [0.2, 0.25) is 0 Å². The van der Waals surface area contributed by atoms with Gasteiger partial charge in [-0.1, -0.05) is 48.5 Å². The van der Waals surface area contributed by atoms with Crippen molar-refractivity contribution in [3.8, 4) is 0 Å². The Kier molecular flexibility index (Phi) is 13.7. The molecule has 0 spiro atoms. The predicted molar refractivity (Wildman–Crippen MR) is 227 cm³/mol. The maximum Gasteiger partial charge on any atom is 0.256 e. The summed E-state index contributed by atoms with van der Waals surface area (Å²) in [5.41, 5.74) is 4.26. The quantitative estimate of drug-likeness (QED) is 0.145. The van der Waals surface area contributed by atoms with Crippen LogP contribution in [0.1, 0.15) is 97.3 Å². The van der Waals surface area contributed by atoms with Gasteiger partial charge >= 0.3 is 0 Å². The highest BCUT2D eigenvalue weighted by molar-refractivity contribution is 7.10. The Hall–Kier alpha value is -6.11. The first-order chi connectivity index (χ1) is 29.8. The lowest BCUT2D eigenvalue weighted by atomic mass is 10.0. The van der Waals surface area contributed by atoms with E-state index in [0.29, 0.717) is 43.5 Å². The summed E-state index contributed by atoms with van der Waals surface area (Å²) < 4.78 is 14.3. The van der Waals surface area contributed by atoms with Gasteiger partial charge in [-0.2, -0.15) is 0 Å². The second-order valence-corrected chi connectivity index (χ2v) is 17.6. The second-order valence-electron chi connectivity index (χ2n) is 15.6. The first-order valence-electron chi connectivity index (χ1n) is 20.3. The smallest absolute Gasteiger partial charge is 0.256 e. The summed E-state index contributed by atoms with van der Waals surface area (Å²) in [6.45, 7) is 1.15. The first kappa shape index (κ1) is 44.0. The summed E-state index contributed by atoms with van der Waals surface area (Å²) in [5, 5.41) is 13.9. The largest absolute Gasteiger partial charge is 0.351 e. The number of nitrogens with zero attached hydrogens (tertiary/aromatic N) is 3. The number of likely N-dealkylation sites (N-methyl/N-ethyl adjacent to an activating group) is 1. The van der Waals surface area contributed by atoms with Gasteiger partial charge in [-0.3, -0.25) is 53.9 Å². The molecule has 62 heavy (non-hydrogen) atoms. The zero-order valence-electron chi connectivity index (χ0n) is 34.2. The van der Waals surface area contributed by atoms with Gasteiger partial charge in [0.25, 0.3) is 11.8 Å². The van der Waals surface area contributed by atoms with Gasteiger partial charge < -0.3 is 20.4 Å². The number of rotatable bonds is 13. The predicted octanol–water partition coefficient (Wildman–Crippen LogP) is 3.72. The fourth-order valence-corrected chi connectivity index (χ4v) is 10.0. The van der Waals surface area contributed by atoms with E-state index < -0.39 is 35.8 Å². The molecule has 4 aliphatic rings. The molecule has 6 heterocycles. The van der Waals surface area contributed by atoms with Crippen LogP contribution in [-0.4, -0.2) is 88.1 Å². The summed E-state index contributed by atoms with van der Waals surface area (Å²) in [7, 11) is 3.41. The molecule has 2 saturated heterocycles. The highest BCUT2D eigenvalue weighted by atomic mass is 32.1. The van der Waals surface area contributed by atoms with E-state index in [1.807, 2.05) is 18.2 Å². The van der Waals surface area contributed by atoms with Crippen LogP contribution in [0.5, 0.6) is 0 Å². The van der Waals surface area contributed by atoms with E-state index >= 15 is 0 Å². The van der Waals surface area contributed by atoms with E-state index in [-0.39, 0.29) is 66.9 Å². The fourth-order valence-electron chi connectivity index (χ4n) is 8.08. The highest BCUT2D eigenvalue weighted by Gasteiger charge is 2.42. The number of nitrogens with one attached hydrogen (secondary N) is 4. The number of fused-ring (bicyclic) bond motifs is 2. The van der Waals surface area contributed by atoms with Gasteiger partial charge in [-0.25, -0.2) is 4.39 Å². The average molecular weight is 884 g/mol. The van der Waals surface area contributed by atoms with E-state index in [1.54, 1.807) is 48.0 Å². The van der Waals surface area contributed by atoms with Gasteiger partial charge in [0, 0.05) is 58.4 Å². The summed E-state index contributed by atoms with van der Waals surface area (Å²) in [4.78, 5) is 104. The first-order valence-corrected chi connectivity index (χ1v) is 22.0. The minimum absolute atomic E-state index is 0.0144. The zero-order chi connectivity index (χ0) is 44.1. The van der Waals surface area contributed by atoms with Gasteiger partial charge in [0.2, 0.25) is 35.4 Å². The third-order valence-electron chi connectivity index (χ3n) is 11.3. The molecule has 4 N–H and O–H groups in total. The summed E-state index contributed by atoms with van der Waals surface area (Å²) >= 11 is 2.81. The Morgan fingerprint density at radius 2 is 1.27 bits per heavy atom. The fraction of sp³-hybridized carbons (Fsp3) is 0.364. The molecule has 4 aliphatic heterocycles. The molecule has 0 radical (unpaired) electrons. The molecule has 15 nitrogen and oxygen atoms in total. The van der Waals surface area contributed by atoms with Gasteiger partial charge in [-0.15, -0.1) is 22.7 Å². The molecule has 2 fully saturated rings. The number of thiophene rings is 2. The summed E-state index contributed by atoms with van der Waals surface area (Å²) in [6, 6.07) is 14.1. The topological polar surface area (TPSA) is 194 Å². The van der Waals surface area contributed by atoms with Crippen LogP contribution >= 0.6 is 22.7 Å². The maximum absolute atomic E-state index is 14.3. The normalized spacial score (nSPS) is 18.8. The van der Waals surface area contributed by atoms with E-state index in [2.05, 4.69) is 33.4 Å². The summed E-state index contributed by atoms with van der Waals surface area (Å²) in [5.74, 6) is -2.76. The Morgan fingerprint density at radius 3 is 1.79 bits per heavy atom. The van der Waals surface area contributed by atoms with Crippen molar-refractivity contribution in [1.29, 1.82) is 0 Å². The van der Waals surface area contributed by atoms with Crippen molar-refractivity contribution in [2.75, 3.05) is 14.1 Å². The minimum atomic E-state index is -0.800. The third-order valence-corrected chi connectivity index (χ3v) is 13.4. The Bertz CT molecular complexity index is 2420. The van der Waals surface area contributed by atoms with Crippen molar-refractivity contribution in [2.24, 2.45) is 0 Å². The molecule has 2 aromatic carbocycles. The lowest BCUT2D eigenvalue weighted by molar-refractivity contribution is -0.138. The van der Waals surface area contributed by atoms with Crippen molar-refractivity contribution in [2.45, 2.75) is 89.3 Å². The Labute approximate surface area is 365 Å².